The molecule has 4 rings (SSSR count). The van der Waals surface area contributed by atoms with E-state index in [9.17, 15) is 4.79 Å². The lowest BCUT2D eigenvalue weighted by atomic mass is 10.0. The minimum atomic E-state index is 0.0774. The number of imidazole rings is 1. The summed E-state index contributed by atoms with van der Waals surface area (Å²) >= 11 is 0. The second-order valence-electron chi connectivity index (χ2n) is 10.2. The van der Waals surface area contributed by atoms with Gasteiger partial charge in [0.05, 0.1) is 31.3 Å². The van der Waals surface area contributed by atoms with E-state index < -0.39 is 0 Å². The Hall–Kier alpha value is -2.77. The second-order valence-corrected chi connectivity index (χ2v) is 10.2. The van der Waals surface area contributed by atoms with Gasteiger partial charge in [-0.2, -0.15) is 0 Å². The molecule has 2 aromatic carbocycles. The first-order chi connectivity index (χ1) is 17.4. The lowest BCUT2D eigenvalue weighted by Crippen LogP contribution is -2.40. The monoisotopic (exact) mass is 495 g/mol. The maximum absolute atomic E-state index is 13.3. The van der Waals surface area contributed by atoms with Gasteiger partial charge in [0.2, 0.25) is 0 Å². The first-order valence-corrected chi connectivity index (χ1v) is 13.1. The predicted molar refractivity (Wildman–Crippen MR) is 144 cm³/mol. The van der Waals surface area contributed by atoms with E-state index in [-0.39, 0.29) is 17.8 Å². The molecule has 1 saturated heterocycles. The Morgan fingerprint density at radius 1 is 1.00 bits per heavy atom. The molecule has 0 bridgehead atoms. The number of hydrogen-bond acceptors (Lipinski definition) is 5. The van der Waals surface area contributed by atoms with Crippen LogP contribution in [-0.4, -0.2) is 60.6 Å². The lowest BCUT2D eigenvalue weighted by Gasteiger charge is -2.34. The first kappa shape index (κ1) is 26.3. The highest BCUT2D eigenvalue weighted by atomic mass is 16.5. The van der Waals surface area contributed by atoms with Crippen molar-refractivity contribution in [3.8, 4) is 11.5 Å². The molecule has 7 nitrogen and oxygen atoms in total. The van der Waals surface area contributed by atoms with Crippen LogP contribution in [0.1, 0.15) is 44.7 Å². The summed E-state index contributed by atoms with van der Waals surface area (Å²) in [5, 5.41) is 0. The molecular formula is C29H41N3O4. The third-order valence-electron chi connectivity index (χ3n) is 7.46. The number of hydrogen-bond donors (Lipinski definition) is 0. The second kappa shape index (κ2) is 12.0. The van der Waals surface area contributed by atoms with E-state index in [1.165, 1.54) is 0 Å². The van der Waals surface area contributed by atoms with Gasteiger partial charge in [0, 0.05) is 38.9 Å². The van der Waals surface area contributed by atoms with E-state index in [0.29, 0.717) is 19.1 Å². The standard InChI is InChI=1S/C29H41N3O4/c1-21(2)27(36-28-20-24(35-5)11-10-22(28)3)14-17-30-15-12-23(13-16-30)32-26-9-7-6-8-25(26)31(29(32)33)18-19-34-4/h6-11,20-21,23,27H,12-19H2,1-5H3/t27-/m0/s1. The summed E-state index contributed by atoms with van der Waals surface area (Å²) in [7, 11) is 3.36. The molecule has 1 aliphatic heterocycles. The van der Waals surface area contributed by atoms with E-state index in [1.807, 2.05) is 45.5 Å². The van der Waals surface area contributed by atoms with Gasteiger partial charge >= 0.3 is 5.69 Å². The first-order valence-electron chi connectivity index (χ1n) is 13.1. The maximum Gasteiger partial charge on any atom is 0.329 e. The van der Waals surface area contributed by atoms with Crippen LogP contribution in [0.4, 0.5) is 0 Å². The molecule has 1 fully saturated rings. The number of benzene rings is 2. The molecule has 3 aromatic rings. The summed E-state index contributed by atoms with van der Waals surface area (Å²) in [6.45, 7) is 10.6. The van der Waals surface area contributed by atoms with Gasteiger partial charge in [0.1, 0.15) is 17.6 Å². The van der Waals surface area contributed by atoms with Crippen molar-refractivity contribution in [3.05, 3.63) is 58.5 Å². The molecule has 0 spiro atoms. The van der Waals surface area contributed by atoms with Crippen LogP contribution in [0.3, 0.4) is 0 Å². The molecule has 1 aromatic heterocycles. The zero-order chi connectivity index (χ0) is 25.7. The predicted octanol–water partition coefficient (Wildman–Crippen LogP) is 4.90. The number of aromatic nitrogens is 2. The van der Waals surface area contributed by atoms with Crippen LogP contribution in [0.5, 0.6) is 11.5 Å². The molecule has 36 heavy (non-hydrogen) atoms. The molecule has 0 unspecified atom stereocenters. The van der Waals surface area contributed by atoms with Gasteiger partial charge in [-0.3, -0.25) is 9.13 Å². The van der Waals surface area contributed by atoms with Crippen molar-refractivity contribution in [1.29, 1.82) is 0 Å². The molecule has 7 heteroatoms. The van der Waals surface area contributed by atoms with Gasteiger partial charge < -0.3 is 19.1 Å². The molecule has 1 atom stereocenters. The third-order valence-corrected chi connectivity index (χ3v) is 7.46. The zero-order valence-corrected chi connectivity index (χ0v) is 22.4. The quantitative estimate of drug-likeness (QED) is 0.379. The van der Waals surface area contributed by atoms with Gasteiger partial charge in [0.15, 0.2) is 0 Å². The number of aryl methyl sites for hydroxylation is 1. The highest BCUT2D eigenvalue weighted by Gasteiger charge is 2.26. The highest BCUT2D eigenvalue weighted by Crippen LogP contribution is 2.29. The van der Waals surface area contributed by atoms with Crippen molar-refractivity contribution in [1.82, 2.24) is 14.0 Å². The Labute approximate surface area is 214 Å². The van der Waals surface area contributed by atoms with Crippen molar-refractivity contribution in [2.45, 2.75) is 58.7 Å². The van der Waals surface area contributed by atoms with Crippen LogP contribution >= 0.6 is 0 Å². The van der Waals surface area contributed by atoms with E-state index in [0.717, 1.165) is 67.0 Å². The van der Waals surface area contributed by atoms with Crippen LogP contribution in [0.2, 0.25) is 0 Å². The number of nitrogens with zero attached hydrogens (tertiary/aromatic N) is 3. The fraction of sp³-hybridized carbons (Fsp3) is 0.552. The zero-order valence-electron chi connectivity index (χ0n) is 22.4. The van der Waals surface area contributed by atoms with Crippen molar-refractivity contribution >= 4 is 11.0 Å². The molecule has 0 amide bonds. The molecule has 196 valence electrons. The molecule has 0 radical (unpaired) electrons. The van der Waals surface area contributed by atoms with Crippen molar-refractivity contribution in [3.63, 3.8) is 0 Å². The Balaban J connectivity index is 1.39. The number of likely N-dealkylation sites (tertiary alicyclic amines) is 1. The minimum absolute atomic E-state index is 0.0774. The summed E-state index contributed by atoms with van der Waals surface area (Å²) in [5.41, 5.74) is 3.22. The maximum atomic E-state index is 13.3. The summed E-state index contributed by atoms with van der Waals surface area (Å²) in [5.74, 6) is 2.12. The Morgan fingerprint density at radius 2 is 1.72 bits per heavy atom. The van der Waals surface area contributed by atoms with Gasteiger partial charge in [-0.05, 0) is 55.9 Å². The van der Waals surface area contributed by atoms with Crippen molar-refractivity contribution in [2.75, 3.05) is 40.5 Å². The van der Waals surface area contributed by atoms with Gasteiger partial charge in [-0.15, -0.1) is 0 Å². The SMILES string of the molecule is COCCn1c(=O)n(C2CCN(CC[C@H](Oc3cc(OC)ccc3C)C(C)C)CC2)c2ccccc21. The molecule has 0 saturated carbocycles. The van der Waals surface area contributed by atoms with Crippen LogP contribution in [0.15, 0.2) is 47.3 Å². The topological polar surface area (TPSA) is 57.9 Å². The highest BCUT2D eigenvalue weighted by molar-refractivity contribution is 5.76. The molecule has 0 aliphatic carbocycles. The fourth-order valence-corrected chi connectivity index (χ4v) is 5.22. The molecule has 2 heterocycles. The number of para-hydroxylation sites is 2. The summed E-state index contributed by atoms with van der Waals surface area (Å²) in [6, 6.07) is 14.3. The van der Waals surface area contributed by atoms with Gasteiger partial charge in [-0.1, -0.05) is 32.0 Å². The van der Waals surface area contributed by atoms with E-state index >= 15 is 0 Å². The minimum Gasteiger partial charge on any atom is -0.497 e. The molecular weight excluding hydrogens is 454 g/mol. The van der Waals surface area contributed by atoms with Crippen molar-refractivity contribution in [2.24, 2.45) is 5.92 Å². The number of piperidine rings is 1. The summed E-state index contributed by atoms with van der Waals surface area (Å²) in [4.78, 5) is 15.9. The summed E-state index contributed by atoms with van der Waals surface area (Å²) < 4.78 is 21.0. The number of ether oxygens (including phenoxy) is 3. The van der Waals surface area contributed by atoms with E-state index in [2.05, 4.69) is 31.7 Å². The van der Waals surface area contributed by atoms with Gasteiger partial charge in [0.25, 0.3) is 0 Å². The average molecular weight is 496 g/mol. The van der Waals surface area contributed by atoms with Crippen LogP contribution < -0.4 is 15.2 Å². The Morgan fingerprint density at radius 3 is 2.39 bits per heavy atom. The lowest BCUT2D eigenvalue weighted by molar-refractivity contribution is 0.109. The Bertz CT molecular complexity index is 1190. The Kier molecular flexibility index (Phi) is 8.75. The summed E-state index contributed by atoms with van der Waals surface area (Å²) in [6.07, 6.45) is 3.05. The van der Waals surface area contributed by atoms with Gasteiger partial charge in [-0.25, -0.2) is 4.79 Å². The molecule has 0 N–H and O–H groups in total. The number of rotatable bonds is 11. The van der Waals surface area contributed by atoms with E-state index in [1.54, 1.807) is 14.2 Å². The van der Waals surface area contributed by atoms with E-state index in [4.69, 9.17) is 14.2 Å². The van der Waals surface area contributed by atoms with Crippen molar-refractivity contribution < 1.29 is 14.2 Å². The average Bonchev–Trinajstić information content (AvgIpc) is 3.17. The molecule has 1 aliphatic rings. The smallest absolute Gasteiger partial charge is 0.329 e. The van der Waals surface area contributed by atoms with Crippen LogP contribution in [0.25, 0.3) is 11.0 Å². The number of methoxy groups -OCH3 is 2. The third kappa shape index (κ3) is 5.79. The largest absolute Gasteiger partial charge is 0.497 e. The van der Waals surface area contributed by atoms with Crippen LogP contribution in [0, 0.1) is 12.8 Å². The normalized spacial score (nSPS) is 16.1. The number of fused-ring (bicyclic) bond motifs is 1. The fourth-order valence-electron chi connectivity index (χ4n) is 5.22. The van der Waals surface area contributed by atoms with Crippen LogP contribution in [-0.2, 0) is 11.3 Å².